The van der Waals surface area contributed by atoms with Crippen LogP contribution >= 0.6 is 22.5 Å². The topological polar surface area (TPSA) is 17.1 Å². The first kappa shape index (κ1) is 9.56. The van der Waals surface area contributed by atoms with Crippen LogP contribution in [0, 0.1) is 6.07 Å². The summed E-state index contributed by atoms with van der Waals surface area (Å²) in [6.07, 6.45) is 4.02. The fourth-order valence-electron chi connectivity index (χ4n) is 1.22. The molecule has 1 aliphatic rings. The van der Waals surface area contributed by atoms with Gasteiger partial charge in [0.1, 0.15) is 0 Å². The molecule has 1 aromatic carbocycles. The van der Waals surface area contributed by atoms with Gasteiger partial charge in [0, 0.05) is 10.5 Å². The van der Waals surface area contributed by atoms with Crippen molar-refractivity contribution in [1.29, 1.82) is 0 Å². The van der Waals surface area contributed by atoms with Gasteiger partial charge >= 0.3 is 0 Å². The summed E-state index contributed by atoms with van der Waals surface area (Å²) in [7, 11) is -0.409. The van der Waals surface area contributed by atoms with E-state index in [1.165, 1.54) is 0 Å². The lowest BCUT2D eigenvalue weighted by molar-refractivity contribution is 0.108. The summed E-state index contributed by atoms with van der Waals surface area (Å²) < 4.78 is 0. The lowest BCUT2D eigenvalue weighted by Crippen LogP contribution is -1.88. The maximum atomic E-state index is 10.9. The Morgan fingerprint density at radius 3 is 2.71 bits per heavy atom. The fraction of sp³-hybridized carbons (Fsp3) is 0. The van der Waals surface area contributed by atoms with Crippen molar-refractivity contribution >= 4 is 27.7 Å². The van der Waals surface area contributed by atoms with E-state index in [0.717, 1.165) is 4.90 Å². The highest BCUT2D eigenvalue weighted by molar-refractivity contribution is 8.22. The quantitative estimate of drug-likeness (QED) is 0.602. The monoisotopic (exact) mass is 223 g/mol. The van der Waals surface area contributed by atoms with E-state index in [0.29, 0.717) is 5.56 Å². The largest absolute Gasteiger partial charge is 0.276 e. The third-order valence-corrected chi connectivity index (χ3v) is 3.92. The molecule has 0 bridgehead atoms. The van der Waals surface area contributed by atoms with Crippen LogP contribution in [0.3, 0.4) is 0 Å². The van der Waals surface area contributed by atoms with Gasteiger partial charge in [0.05, 0.1) is 0 Å². The number of hydrogen-bond acceptors (Lipinski definition) is 1. The van der Waals surface area contributed by atoms with Gasteiger partial charge in [-0.15, -0.1) is 0 Å². The van der Waals surface area contributed by atoms with Crippen LogP contribution < -0.4 is 0 Å². The van der Waals surface area contributed by atoms with Crippen molar-refractivity contribution in [3.8, 4) is 0 Å². The van der Waals surface area contributed by atoms with Gasteiger partial charge in [-0.25, -0.2) is 0 Å². The van der Waals surface area contributed by atoms with E-state index in [9.17, 15) is 4.79 Å². The molecular weight excluding hydrogens is 216 g/mol. The first-order valence-corrected chi connectivity index (χ1v) is 5.98. The highest BCUT2D eigenvalue weighted by Crippen LogP contribution is 2.41. The van der Waals surface area contributed by atoms with Crippen LogP contribution in [0.5, 0.6) is 0 Å². The summed E-state index contributed by atoms with van der Waals surface area (Å²) in [5.74, 6) is 0. The minimum atomic E-state index is -0.414. The van der Waals surface area contributed by atoms with Gasteiger partial charge in [0.15, 0.2) is 0 Å². The van der Waals surface area contributed by atoms with Crippen molar-refractivity contribution in [2.75, 3.05) is 0 Å². The van der Waals surface area contributed by atoms with Crippen molar-refractivity contribution in [1.82, 2.24) is 0 Å². The molecule has 1 radical (unpaired) electrons. The first-order chi connectivity index (χ1) is 6.77. The lowest BCUT2D eigenvalue weighted by Gasteiger charge is -2.09. The highest BCUT2D eigenvalue weighted by Gasteiger charge is 2.06. The minimum absolute atomic E-state index is 0.409. The molecule has 0 unspecified atom stereocenters. The highest BCUT2D eigenvalue weighted by atomic mass is 35.5. The Hall–Kier alpha value is -0.990. The number of carbonyl (C=O) groups excluding carboxylic acids is 1. The molecule has 1 heterocycles. The number of benzene rings is 1. The molecule has 14 heavy (non-hydrogen) atoms. The molecule has 1 aliphatic heterocycles. The molecule has 1 nitrogen and oxygen atoms in total. The van der Waals surface area contributed by atoms with Crippen LogP contribution in [0.25, 0.3) is 0 Å². The van der Waals surface area contributed by atoms with Crippen LogP contribution in [0.4, 0.5) is 0 Å². The summed E-state index contributed by atoms with van der Waals surface area (Å²) in [6, 6.07) is 8.35. The Labute approximate surface area is 90.4 Å². The van der Waals surface area contributed by atoms with Crippen molar-refractivity contribution in [3.05, 3.63) is 52.8 Å². The summed E-state index contributed by atoms with van der Waals surface area (Å²) in [5, 5.41) is 3.82. The summed E-state index contributed by atoms with van der Waals surface area (Å²) in [5.41, 5.74) is 0.539. The Kier molecular flexibility index (Phi) is 2.75. The normalized spacial score (nSPS) is 16.2. The average Bonchev–Trinajstić information content (AvgIpc) is 2.71. The van der Waals surface area contributed by atoms with E-state index >= 15 is 0 Å². The zero-order valence-corrected chi connectivity index (χ0v) is 8.93. The van der Waals surface area contributed by atoms with E-state index < -0.39 is 16.1 Å². The lowest BCUT2D eigenvalue weighted by atomic mass is 10.2. The van der Waals surface area contributed by atoms with Gasteiger partial charge in [0.25, 0.3) is 5.24 Å². The van der Waals surface area contributed by atoms with Gasteiger partial charge in [-0.2, -0.15) is 10.9 Å². The zero-order valence-electron chi connectivity index (χ0n) is 7.27. The van der Waals surface area contributed by atoms with Crippen molar-refractivity contribution in [3.63, 3.8) is 0 Å². The zero-order chi connectivity index (χ0) is 9.97. The third-order valence-electron chi connectivity index (χ3n) is 1.90. The molecule has 0 aromatic heterocycles. The second kappa shape index (κ2) is 4.03. The molecule has 3 heteroatoms. The number of halogens is 1. The van der Waals surface area contributed by atoms with E-state index in [2.05, 4.69) is 16.9 Å². The standard InChI is InChI=1S/C11H8ClOS/c12-11(13)9-4-3-5-10(8-9)14-6-1-2-7-14/h1-4,6-8,14H. The Bertz CT molecular complexity index is 411. The SMILES string of the molecule is O=C(Cl)c1cc[c]c([SH]2C=CC=C2)c1. The molecule has 0 saturated heterocycles. The fourth-order valence-corrected chi connectivity index (χ4v) is 2.84. The molecule has 1 aromatic rings. The van der Waals surface area contributed by atoms with Crippen molar-refractivity contribution < 1.29 is 4.79 Å². The average molecular weight is 224 g/mol. The maximum Gasteiger partial charge on any atom is 0.252 e. The summed E-state index contributed by atoms with van der Waals surface area (Å²) >= 11 is 5.40. The molecular formula is C11H8ClOS. The Balaban J connectivity index is 2.35. The Morgan fingerprint density at radius 1 is 1.36 bits per heavy atom. The number of thiol groups is 1. The molecule has 0 atom stereocenters. The second-order valence-electron chi connectivity index (χ2n) is 2.83. The molecule has 0 fully saturated rings. The van der Waals surface area contributed by atoms with Gasteiger partial charge in [-0.1, -0.05) is 18.2 Å². The van der Waals surface area contributed by atoms with Crippen molar-refractivity contribution in [2.24, 2.45) is 0 Å². The van der Waals surface area contributed by atoms with Crippen LogP contribution in [-0.4, -0.2) is 5.24 Å². The molecule has 0 spiro atoms. The smallest absolute Gasteiger partial charge is 0.252 e. The first-order valence-electron chi connectivity index (χ1n) is 4.12. The third kappa shape index (κ3) is 1.91. The molecule has 0 amide bonds. The number of carbonyl (C=O) groups is 1. The molecule has 0 saturated carbocycles. The summed E-state index contributed by atoms with van der Waals surface area (Å²) in [4.78, 5) is 12.0. The van der Waals surface area contributed by atoms with Crippen LogP contribution in [0.15, 0.2) is 46.1 Å². The van der Waals surface area contributed by atoms with Gasteiger partial charge < -0.3 is 0 Å². The number of hydrogen-bond donors (Lipinski definition) is 1. The molecule has 71 valence electrons. The van der Waals surface area contributed by atoms with E-state index in [4.69, 9.17) is 11.6 Å². The van der Waals surface area contributed by atoms with Crippen LogP contribution in [0.2, 0.25) is 0 Å². The number of rotatable bonds is 2. The van der Waals surface area contributed by atoms with Gasteiger partial charge in [-0.05, 0) is 40.6 Å². The second-order valence-corrected chi connectivity index (χ2v) is 5.06. The van der Waals surface area contributed by atoms with Crippen LogP contribution in [-0.2, 0) is 0 Å². The van der Waals surface area contributed by atoms with Gasteiger partial charge in [-0.3, -0.25) is 4.79 Å². The predicted octanol–water partition coefficient (Wildman–Crippen LogP) is 3.27. The Morgan fingerprint density at radius 2 is 2.07 bits per heavy atom. The maximum absolute atomic E-state index is 10.9. The van der Waals surface area contributed by atoms with E-state index in [-0.39, 0.29) is 0 Å². The van der Waals surface area contributed by atoms with Crippen LogP contribution in [0.1, 0.15) is 10.4 Å². The number of allylic oxidation sites excluding steroid dienone is 2. The molecule has 0 N–H and O–H groups in total. The molecule has 2 rings (SSSR count). The molecule has 0 aliphatic carbocycles. The van der Waals surface area contributed by atoms with E-state index in [1.54, 1.807) is 18.2 Å². The predicted molar refractivity (Wildman–Crippen MR) is 61.0 cm³/mol. The van der Waals surface area contributed by atoms with Crippen molar-refractivity contribution in [2.45, 2.75) is 4.90 Å². The summed E-state index contributed by atoms with van der Waals surface area (Å²) in [6.45, 7) is 0. The minimum Gasteiger partial charge on any atom is -0.276 e. The van der Waals surface area contributed by atoms with E-state index in [1.807, 2.05) is 12.2 Å². The van der Waals surface area contributed by atoms with Gasteiger partial charge in [0.2, 0.25) is 0 Å².